The van der Waals surface area contributed by atoms with Crippen LogP contribution in [0.3, 0.4) is 0 Å². The molecule has 3 aliphatic heterocycles. The SMILES string of the molecule is CC(C)N1CCN(C(=O)C2CC3CCC2N3)CC1. The third-order valence-corrected chi connectivity index (χ3v) is 4.97. The van der Waals surface area contributed by atoms with Gasteiger partial charge in [0.25, 0.3) is 0 Å². The fourth-order valence-electron chi connectivity index (χ4n) is 3.79. The number of amides is 1. The Kier molecular flexibility index (Phi) is 3.32. The quantitative estimate of drug-likeness (QED) is 0.784. The van der Waals surface area contributed by atoms with Crippen LogP contribution in [0, 0.1) is 5.92 Å². The minimum absolute atomic E-state index is 0.273. The zero-order chi connectivity index (χ0) is 12.7. The molecule has 1 amide bonds. The summed E-state index contributed by atoms with van der Waals surface area (Å²) in [6, 6.07) is 1.71. The van der Waals surface area contributed by atoms with Crippen molar-refractivity contribution in [3.63, 3.8) is 0 Å². The molecule has 18 heavy (non-hydrogen) atoms. The van der Waals surface area contributed by atoms with Crippen molar-refractivity contribution < 1.29 is 4.79 Å². The first-order valence-electron chi connectivity index (χ1n) is 7.44. The number of hydrogen-bond donors (Lipinski definition) is 1. The first kappa shape index (κ1) is 12.4. The van der Waals surface area contributed by atoms with E-state index in [9.17, 15) is 4.79 Å². The second-order valence-corrected chi connectivity index (χ2v) is 6.34. The second-order valence-electron chi connectivity index (χ2n) is 6.34. The van der Waals surface area contributed by atoms with Gasteiger partial charge in [0.2, 0.25) is 5.91 Å². The van der Waals surface area contributed by atoms with Gasteiger partial charge in [0.05, 0.1) is 5.92 Å². The highest BCUT2D eigenvalue weighted by Gasteiger charge is 2.44. The number of fused-ring (bicyclic) bond motifs is 2. The number of rotatable bonds is 2. The van der Waals surface area contributed by atoms with E-state index in [2.05, 4.69) is 29.0 Å². The first-order valence-corrected chi connectivity index (χ1v) is 7.44. The molecule has 3 saturated heterocycles. The third kappa shape index (κ3) is 2.16. The van der Waals surface area contributed by atoms with Crippen molar-refractivity contribution in [1.29, 1.82) is 0 Å². The van der Waals surface area contributed by atoms with Crippen LogP contribution in [0.4, 0.5) is 0 Å². The van der Waals surface area contributed by atoms with Gasteiger partial charge in [0, 0.05) is 44.3 Å². The summed E-state index contributed by atoms with van der Waals surface area (Å²) >= 11 is 0. The topological polar surface area (TPSA) is 35.6 Å². The van der Waals surface area contributed by atoms with Gasteiger partial charge >= 0.3 is 0 Å². The van der Waals surface area contributed by atoms with E-state index >= 15 is 0 Å². The number of carbonyl (C=O) groups is 1. The van der Waals surface area contributed by atoms with Crippen LogP contribution in [-0.4, -0.2) is 60.0 Å². The Morgan fingerprint density at radius 2 is 1.89 bits per heavy atom. The van der Waals surface area contributed by atoms with Crippen LogP contribution in [-0.2, 0) is 4.79 Å². The Bertz CT molecular complexity index is 323. The van der Waals surface area contributed by atoms with Gasteiger partial charge in [-0.25, -0.2) is 0 Å². The average Bonchev–Trinajstić information content (AvgIpc) is 3.00. The van der Waals surface area contributed by atoms with Crippen LogP contribution in [0.2, 0.25) is 0 Å². The summed E-state index contributed by atoms with van der Waals surface area (Å²) < 4.78 is 0. The fraction of sp³-hybridized carbons (Fsp3) is 0.929. The molecule has 3 fully saturated rings. The summed E-state index contributed by atoms with van der Waals surface area (Å²) in [5.41, 5.74) is 0. The van der Waals surface area contributed by atoms with E-state index < -0.39 is 0 Å². The molecule has 102 valence electrons. The third-order valence-electron chi connectivity index (χ3n) is 4.97. The minimum atomic E-state index is 0.273. The van der Waals surface area contributed by atoms with Crippen LogP contribution >= 0.6 is 0 Å². The second kappa shape index (κ2) is 4.82. The molecule has 3 unspecified atom stereocenters. The molecule has 2 bridgehead atoms. The van der Waals surface area contributed by atoms with E-state index in [1.165, 1.54) is 12.8 Å². The molecule has 4 nitrogen and oxygen atoms in total. The van der Waals surface area contributed by atoms with Gasteiger partial charge in [-0.1, -0.05) is 0 Å². The Hall–Kier alpha value is -0.610. The molecule has 1 N–H and O–H groups in total. The highest BCUT2D eigenvalue weighted by molar-refractivity contribution is 5.80. The Morgan fingerprint density at radius 1 is 1.17 bits per heavy atom. The average molecular weight is 251 g/mol. The standard InChI is InChI=1S/C14H25N3O/c1-10(2)16-5-7-17(8-6-16)14(18)12-9-11-3-4-13(12)15-11/h10-13,15H,3-9H2,1-2H3. The molecule has 0 aromatic carbocycles. The van der Waals surface area contributed by atoms with E-state index in [0.29, 0.717) is 24.0 Å². The molecular formula is C14H25N3O. The van der Waals surface area contributed by atoms with Crippen LogP contribution < -0.4 is 5.32 Å². The van der Waals surface area contributed by atoms with E-state index in [0.717, 1.165) is 32.6 Å². The van der Waals surface area contributed by atoms with Crippen LogP contribution in [0.15, 0.2) is 0 Å². The monoisotopic (exact) mass is 251 g/mol. The lowest BCUT2D eigenvalue weighted by molar-refractivity contribution is -0.138. The molecule has 0 radical (unpaired) electrons. The Balaban J connectivity index is 1.55. The molecule has 4 heteroatoms. The van der Waals surface area contributed by atoms with Crippen molar-refractivity contribution in [2.45, 2.75) is 51.2 Å². The first-order chi connectivity index (χ1) is 8.65. The summed E-state index contributed by atoms with van der Waals surface area (Å²) in [5, 5.41) is 3.57. The number of nitrogens with zero attached hydrogens (tertiary/aromatic N) is 2. The summed E-state index contributed by atoms with van der Waals surface area (Å²) in [5.74, 6) is 0.687. The Morgan fingerprint density at radius 3 is 2.39 bits per heavy atom. The predicted octanol–water partition coefficient (Wildman–Crippen LogP) is 0.680. The van der Waals surface area contributed by atoms with E-state index in [1.54, 1.807) is 0 Å². The van der Waals surface area contributed by atoms with Gasteiger partial charge in [-0.2, -0.15) is 0 Å². The summed E-state index contributed by atoms with van der Waals surface area (Å²) in [4.78, 5) is 17.1. The molecule has 3 rings (SSSR count). The summed E-state index contributed by atoms with van der Waals surface area (Å²) in [6.07, 6.45) is 3.55. The maximum absolute atomic E-state index is 12.5. The highest BCUT2D eigenvalue weighted by Crippen LogP contribution is 2.34. The lowest BCUT2D eigenvalue weighted by Gasteiger charge is -2.38. The zero-order valence-electron chi connectivity index (χ0n) is 11.6. The van der Waals surface area contributed by atoms with Gasteiger partial charge in [-0.3, -0.25) is 9.69 Å². The number of nitrogens with one attached hydrogen (secondary N) is 1. The minimum Gasteiger partial charge on any atom is -0.340 e. The van der Waals surface area contributed by atoms with Gasteiger partial charge in [-0.05, 0) is 33.1 Å². The summed E-state index contributed by atoms with van der Waals surface area (Å²) in [7, 11) is 0. The number of carbonyl (C=O) groups excluding carboxylic acids is 1. The van der Waals surface area contributed by atoms with E-state index in [1.807, 2.05) is 0 Å². The largest absolute Gasteiger partial charge is 0.340 e. The van der Waals surface area contributed by atoms with Crippen molar-refractivity contribution >= 4 is 5.91 Å². The lowest BCUT2D eigenvalue weighted by Crippen LogP contribution is -2.53. The van der Waals surface area contributed by atoms with Gasteiger partial charge < -0.3 is 10.2 Å². The van der Waals surface area contributed by atoms with Crippen molar-refractivity contribution in [3.8, 4) is 0 Å². The van der Waals surface area contributed by atoms with Crippen LogP contribution in [0.1, 0.15) is 33.1 Å². The maximum Gasteiger partial charge on any atom is 0.227 e. The van der Waals surface area contributed by atoms with Crippen LogP contribution in [0.25, 0.3) is 0 Å². The number of hydrogen-bond acceptors (Lipinski definition) is 3. The fourth-order valence-corrected chi connectivity index (χ4v) is 3.79. The molecule has 0 saturated carbocycles. The zero-order valence-corrected chi connectivity index (χ0v) is 11.6. The van der Waals surface area contributed by atoms with Crippen LogP contribution in [0.5, 0.6) is 0 Å². The van der Waals surface area contributed by atoms with Crippen molar-refractivity contribution in [1.82, 2.24) is 15.1 Å². The molecular weight excluding hydrogens is 226 g/mol. The van der Waals surface area contributed by atoms with Gasteiger partial charge in [-0.15, -0.1) is 0 Å². The normalized spacial score (nSPS) is 36.6. The Labute approximate surface area is 110 Å². The van der Waals surface area contributed by atoms with Crippen molar-refractivity contribution in [2.24, 2.45) is 5.92 Å². The van der Waals surface area contributed by atoms with E-state index in [-0.39, 0.29) is 5.92 Å². The smallest absolute Gasteiger partial charge is 0.227 e. The van der Waals surface area contributed by atoms with Crippen molar-refractivity contribution in [2.75, 3.05) is 26.2 Å². The van der Waals surface area contributed by atoms with Gasteiger partial charge in [0.1, 0.15) is 0 Å². The highest BCUT2D eigenvalue weighted by atomic mass is 16.2. The molecule has 0 aliphatic carbocycles. The molecule has 0 aromatic heterocycles. The van der Waals surface area contributed by atoms with Crippen molar-refractivity contribution in [3.05, 3.63) is 0 Å². The molecule has 0 spiro atoms. The lowest BCUT2D eigenvalue weighted by atomic mass is 9.88. The predicted molar refractivity (Wildman–Crippen MR) is 71.3 cm³/mol. The van der Waals surface area contributed by atoms with E-state index in [4.69, 9.17) is 0 Å². The molecule has 3 heterocycles. The maximum atomic E-state index is 12.5. The molecule has 3 aliphatic rings. The molecule has 0 aromatic rings. The number of piperazine rings is 1. The van der Waals surface area contributed by atoms with Gasteiger partial charge in [0.15, 0.2) is 0 Å². The summed E-state index contributed by atoms with van der Waals surface area (Å²) in [6.45, 7) is 8.39. The molecule has 3 atom stereocenters.